The first kappa shape index (κ1) is 26.6. The molecule has 9 nitrogen and oxygen atoms in total. The summed E-state index contributed by atoms with van der Waals surface area (Å²) in [5, 5.41) is 15.6. The van der Waals surface area contributed by atoms with Crippen LogP contribution in [-0.2, 0) is 36.0 Å². The van der Waals surface area contributed by atoms with Crippen LogP contribution >= 0.6 is 0 Å². The minimum Gasteiger partial charge on any atom is -0.547 e. The smallest absolute Gasteiger partial charge is 0.547 e. The summed E-state index contributed by atoms with van der Waals surface area (Å²) in [6, 6.07) is 7.12. The number of hydrogen-bond acceptors (Lipinski definition) is 7. The Bertz CT molecular complexity index is 1140. The third kappa shape index (κ3) is 6.25. The molecule has 0 bridgehead atoms. The number of aromatic nitrogens is 4. The van der Waals surface area contributed by atoms with E-state index in [0.717, 1.165) is 24.1 Å². The number of rotatable bonds is 11. The molecule has 33 heavy (non-hydrogen) atoms. The normalized spacial score (nSPS) is 11.9. The Labute approximate surface area is 204 Å². The molecular formula is C23H29LiN4O5. The summed E-state index contributed by atoms with van der Waals surface area (Å²) < 4.78 is 14.2. The number of aryl methyl sites for hydroxylation is 3. The minimum absolute atomic E-state index is 0. The van der Waals surface area contributed by atoms with Gasteiger partial charge in [-0.25, -0.2) is 4.98 Å². The molecule has 1 atom stereocenters. The largest absolute Gasteiger partial charge is 1.00 e. The summed E-state index contributed by atoms with van der Waals surface area (Å²) in [6.45, 7) is 6.56. The SMILES string of the molecule is CCCc1nn(C)c2c(=O)n(CCOc3ccc(CC(OCC)C(=O)[O-])cc3)c(C)nc12.[Li+]. The predicted molar refractivity (Wildman–Crippen MR) is 118 cm³/mol. The van der Waals surface area contributed by atoms with Crippen LogP contribution in [-0.4, -0.2) is 44.6 Å². The Morgan fingerprint density at radius 1 is 1.21 bits per heavy atom. The summed E-state index contributed by atoms with van der Waals surface area (Å²) in [5.74, 6) is 0.0190. The van der Waals surface area contributed by atoms with Crippen LogP contribution < -0.4 is 34.3 Å². The van der Waals surface area contributed by atoms with Gasteiger partial charge in [-0.3, -0.25) is 14.0 Å². The Kier molecular flexibility index (Phi) is 9.71. The van der Waals surface area contributed by atoms with Gasteiger partial charge < -0.3 is 19.4 Å². The number of carbonyl (C=O) groups is 1. The van der Waals surface area contributed by atoms with Crippen molar-refractivity contribution in [2.45, 2.75) is 52.7 Å². The fourth-order valence-corrected chi connectivity index (χ4v) is 3.69. The number of hydrogen-bond donors (Lipinski definition) is 0. The zero-order valence-electron chi connectivity index (χ0n) is 20.0. The third-order valence-corrected chi connectivity index (χ3v) is 5.25. The van der Waals surface area contributed by atoms with Crippen LogP contribution in [0, 0.1) is 6.92 Å². The molecule has 0 N–H and O–H groups in total. The van der Waals surface area contributed by atoms with E-state index < -0.39 is 12.1 Å². The molecule has 2 heterocycles. The van der Waals surface area contributed by atoms with Crippen molar-refractivity contribution in [2.75, 3.05) is 13.2 Å². The van der Waals surface area contributed by atoms with Gasteiger partial charge >= 0.3 is 18.9 Å². The summed E-state index contributed by atoms with van der Waals surface area (Å²) in [6.07, 6.45) is 0.957. The third-order valence-electron chi connectivity index (χ3n) is 5.25. The van der Waals surface area contributed by atoms with Crippen LogP contribution in [0.3, 0.4) is 0 Å². The van der Waals surface area contributed by atoms with E-state index in [1.807, 2.05) is 6.92 Å². The fraction of sp³-hybridized carbons (Fsp3) is 0.478. The Morgan fingerprint density at radius 3 is 2.52 bits per heavy atom. The minimum atomic E-state index is -1.23. The van der Waals surface area contributed by atoms with Gasteiger partial charge in [0.25, 0.3) is 5.56 Å². The average molecular weight is 448 g/mol. The molecule has 1 unspecified atom stereocenters. The number of nitrogens with zero attached hydrogens (tertiary/aromatic N) is 4. The quantitative estimate of drug-likeness (QED) is 0.317. The van der Waals surface area contributed by atoms with Crippen molar-refractivity contribution in [3.63, 3.8) is 0 Å². The van der Waals surface area contributed by atoms with Crippen LogP contribution in [0.15, 0.2) is 29.1 Å². The molecule has 0 aliphatic carbocycles. The van der Waals surface area contributed by atoms with E-state index in [2.05, 4.69) is 17.0 Å². The van der Waals surface area contributed by atoms with E-state index in [1.54, 1.807) is 47.5 Å². The summed E-state index contributed by atoms with van der Waals surface area (Å²) in [5.41, 5.74) is 2.69. The predicted octanol–water partition coefficient (Wildman–Crippen LogP) is -1.83. The van der Waals surface area contributed by atoms with Crippen molar-refractivity contribution in [3.05, 3.63) is 51.7 Å². The molecule has 0 saturated carbocycles. The molecule has 0 fully saturated rings. The Hall–Kier alpha value is -2.60. The zero-order valence-corrected chi connectivity index (χ0v) is 20.0. The monoisotopic (exact) mass is 448 g/mol. The van der Waals surface area contributed by atoms with Crippen LogP contribution in [0.5, 0.6) is 5.75 Å². The van der Waals surface area contributed by atoms with Crippen molar-refractivity contribution in [3.8, 4) is 5.75 Å². The second-order valence-corrected chi connectivity index (χ2v) is 7.59. The molecule has 10 heteroatoms. The molecule has 0 amide bonds. The van der Waals surface area contributed by atoms with E-state index in [0.29, 0.717) is 35.8 Å². The van der Waals surface area contributed by atoms with Gasteiger partial charge in [0.1, 0.15) is 29.8 Å². The van der Waals surface area contributed by atoms with Gasteiger partial charge in [-0.05, 0) is 38.0 Å². The number of carboxylic acid groups (broad SMARTS) is 1. The summed E-state index contributed by atoms with van der Waals surface area (Å²) in [7, 11) is 1.76. The first-order valence-corrected chi connectivity index (χ1v) is 10.8. The second-order valence-electron chi connectivity index (χ2n) is 7.59. The van der Waals surface area contributed by atoms with E-state index in [4.69, 9.17) is 9.47 Å². The fourth-order valence-electron chi connectivity index (χ4n) is 3.69. The molecule has 0 saturated heterocycles. The number of ether oxygens (including phenoxy) is 2. The van der Waals surface area contributed by atoms with Gasteiger partial charge in [-0.2, -0.15) is 5.10 Å². The summed E-state index contributed by atoms with van der Waals surface area (Å²) >= 11 is 0. The molecule has 0 spiro atoms. The average Bonchev–Trinajstić information content (AvgIpc) is 3.06. The van der Waals surface area contributed by atoms with Gasteiger partial charge in [-0.1, -0.05) is 25.5 Å². The molecule has 0 radical (unpaired) electrons. The molecule has 2 aromatic heterocycles. The number of benzene rings is 1. The zero-order chi connectivity index (χ0) is 23.3. The van der Waals surface area contributed by atoms with Gasteiger partial charge in [0, 0.05) is 20.1 Å². The number of fused-ring (bicyclic) bond motifs is 1. The summed E-state index contributed by atoms with van der Waals surface area (Å²) in [4.78, 5) is 28.8. The Balaban J connectivity index is 0.00000385. The Morgan fingerprint density at radius 2 is 1.91 bits per heavy atom. The molecule has 0 aliphatic rings. The number of aliphatic carboxylic acids is 1. The topological polar surface area (TPSA) is 111 Å². The molecular weight excluding hydrogens is 419 g/mol. The standard InChI is InChI=1S/C23H30N4O5.Li/c1-5-7-18-20-21(26(4)25-18)22(28)27(15(3)24-20)12-13-32-17-10-8-16(9-11-17)14-19(23(29)30)31-6-2;/h8-11,19H,5-7,12-14H2,1-4H3,(H,29,30);/q;+1/p-1. The maximum atomic E-state index is 13.0. The molecule has 0 aliphatic heterocycles. The van der Waals surface area contributed by atoms with Crippen LogP contribution in [0.25, 0.3) is 11.0 Å². The van der Waals surface area contributed by atoms with Gasteiger partial charge in [-0.15, -0.1) is 0 Å². The maximum Gasteiger partial charge on any atom is 1.00 e. The number of carbonyl (C=O) groups excluding carboxylic acids is 1. The first-order valence-electron chi connectivity index (χ1n) is 10.8. The van der Waals surface area contributed by atoms with Crippen molar-refractivity contribution < 1.29 is 38.2 Å². The molecule has 1 aromatic carbocycles. The van der Waals surface area contributed by atoms with Crippen LogP contribution in [0.2, 0.25) is 0 Å². The van der Waals surface area contributed by atoms with E-state index in [1.165, 1.54) is 0 Å². The van der Waals surface area contributed by atoms with Crippen molar-refractivity contribution in [2.24, 2.45) is 7.05 Å². The molecule has 172 valence electrons. The van der Waals surface area contributed by atoms with E-state index >= 15 is 0 Å². The van der Waals surface area contributed by atoms with Crippen molar-refractivity contribution in [1.29, 1.82) is 0 Å². The van der Waals surface area contributed by atoms with Gasteiger partial charge in [0.05, 0.1) is 18.2 Å². The van der Waals surface area contributed by atoms with Crippen LogP contribution in [0.4, 0.5) is 0 Å². The second kappa shape index (κ2) is 12.0. The van der Waals surface area contributed by atoms with E-state index in [-0.39, 0.29) is 37.4 Å². The van der Waals surface area contributed by atoms with Gasteiger partial charge in [0.2, 0.25) is 0 Å². The van der Waals surface area contributed by atoms with Gasteiger partial charge in [0.15, 0.2) is 5.52 Å². The number of carboxylic acids is 1. The van der Waals surface area contributed by atoms with Crippen LogP contribution in [0.1, 0.15) is 37.4 Å². The molecule has 3 aromatic rings. The van der Waals surface area contributed by atoms with E-state index in [9.17, 15) is 14.7 Å². The van der Waals surface area contributed by atoms with Crippen molar-refractivity contribution >= 4 is 17.0 Å². The molecule has 3 rings (SSSR count). The first-order chi connectivity index (χ1) is 15.3. The van der Waals surface area contributed by atoms with Crippen molar-refractivity contribution in [1.82, 2.24) is 19.3 Å². The maximum absolute atomic E-state index is 13.0.